The molecular weight excluding hydrogens is 552 g/mol. The van der Waals surface area contributed by atoms with Gasteiger partial charge in [-0.3, -0.25) is 9.59 Å². The van der Waals surface area contributed by atoms with Gasteiger partial charge in [-0.1, -0.05) is 89.1 Å². The Kier molecular flexibility index (Phi) is 10.7. The third-order valence-electron chi connectivity index (χ3n) is 9.49. The molecule has 2 N–H and O–H groups in total. The quantitative estimate of drug-likeness (QED) is 0.169. The molecule has 4 aromatic rings. The van der Waals surface area contributed by atoms with Crippen molar-refractivity contribution in [3.63, 3.8) is 0 Å². The van der Waals surface area contributed by atoms with Crippen molar-refractivity contribution in [3.05, 3.63) is 113 Å². The summed E-state index contributed by atoms with van der Waals surface area (Å²) in [5.41, 5.74) is 10.1. The molecule has 0 aliphatic heterocycles. The van der Waals surface area contributed by atoms with Gasteiger partial charge >= 0.3 is 0 Å². The number of amides is 2. The number of hydrogen-bond donors (Lipinski definition) is 2. The minimum Gasteiger partial charge on any atom is -0.347 e. The van der Waals surface area contributed by atoms with Crippen LogP contribution in [0, 0.1) is 13.8 Å². The molecule has 0 aromatic heterocycles. The van der Waals surface area contributed by atoms with Gasteiger partial charge in [-0.15, -0.1) is 0 Å². The fourth-order valence-electron chi connectivity index (χ4n) is 5.94. The number of aryl methyl sites for hydroxylation is 2. The van der Waals surface area contributed by atoms with Gasteiger partial charge in [-0.25, -0.2) is 0 Å². The van der Waals surface area contributed by atoms with Crippen LogP contribution in [-0.4, -0.2) is 17.4 Å². The van der Waals surface area contributed by atoms with Crippen LogP contribution in [0.25, 0.3) is 22.3 Å². The maximum atomic E-state index is 13.1. The van der Waals surface area contributed by atoms with Gasteiger partial charge in [-0.2, -0.15) is 0 Å². The number of carbonyl (C=O) groups excluding carboxylic acids is 2. The van der Waals surface area contributed by atoms with Gasteiger partial charge < -0.3 is 10.6 Å². The summed E-state index contributed by atoms with van der Waals surface area (Å²) in [4.78, 5) is 25.9. The van der Waals surface area contributed by atoms with Crippen LogP contribution in [0.1, 0.15) is 111 Å². The molecular formula is C41H50N2O2. The van der Waals surface area contributed by atoms with E-state index in [1.165, 1.54) is 22.3 Å². The molecule has 0 heterocycles. The van der Waals surface area contributed by atoms with Crippen molar-refractivity contribution in [2.45, 2.75) is 98.4 Å². The van der Waals surface area contributed by atoms with E-state index in [-0.39, 0.29) is 22.8 Å². The second-order valence-corrected chi connectivity index (χ2v) is 13.4. The van der Waals surface area contributed by atoms with E-state index < -0.39 is 0 Å². The molecule has 0 spiro atoms. The zero-order valence-electron chi connectivity index (χ0n) is 28.4. The average molecular weight is 603 g/mol. The lowest BCUT2D eigenvalue weighted by molar-refractivity contribution is 0.0907. The molecule has 236 valence electrons. The van der Waals surface area contributed by atoms with Gasteiger partial charge in [0.15, 0.2) is 0 Å². The maximum Gasteiger partial charge on any atom is 0.255 e. The Balaban J connectivity index is 1.41. The molecule has 0 aliphatic carbocycles. The van der Waals surface area contributed by atoms with Gasteiger partial charge in [-0.05, 0) is 128 Å². The van der Waals surface area contributed by atoms with Gasteiger partial charge in [0.05, 0.1) is 0 Å². The molecule has 0 atom stereocenters. The first-order chi connectivity index (χ1) is 21.4. The van der Waals surface area contributed by atoms with Gasteiger partial charge in [0.1, 0.15) is 0 Å². The minimum absolute atomic E-state index is 0.0579. The fraction of sp³-hybridized carbons (Fsp3) is 0.366. The predicted octanol–water partition coefficient (Wildman–Crippen LogP) is 10.7. The highest BCUT2D eigenvalue weighted by Crippen LogP contribution is 2.35. The topological polar surface area (TPSA) is 58.2 Å². The third-order valence-corrected chi connectivity index (χ3v) is 9.49. The highest BCUT2D eigenvalue weighted by molar-refractivity contribution is 6.04. The molecule has 4 nitrogen and oxygen atoms in total. The van der Waals surface area contributed by atoms with Gasteiger partial charge in [0.25, 0.3) is 11.8 Å². The lowest BCUT2D eigenvalue weighted by Crippen LogP contribution is -2.43. The number of hydrogen-bond acceptors (Lipinski definition) is 2. The Bertz CT molecular complexity index is 1630. The Morgan fingerprint density at radius 3 is 1.64 bits per heavy atom. The molecule has 2 amide bonds. The molecule has 0 fully saturated rings. The molecule has 0 bridgehead atoms. The number of benzene rings is 4. The van der Waals surface area contributed by atoms with Crippen molar-refractivity contribution in [1.82, 2.24) is 5.32 Å². The van der Waals surface area contributed by atoms with Crippen molar-refractivity contribution >= 4 is 17.5 Å². The van der Waals surface area contributed by atoms with Crippen molar-refractivity contribution < 1.29 is 9.59 Å². The van der Waals surface area contributed by atoms with Crippen LogP contribution >= 0.6 is 0 Å². The van der Waals surface area contributed by atoms with E-state index in [2.05, 4.69) is 90.3 Å². The smallest absolute Gasteiger partial charge is 0.255 e. The Morgan fingerprint density at radius 2 is 1.16 bits per heavy atom. The number of anilines is 1. The Labute approximate surface area is 270 Å². The van der Waals surface area contributed by atoms with Crippen LogP contribution in [0.2, 0.25) is 0 Å². The number of rotatable bonds is 12. The van der Waals surface area contributed by atoms with Crippen molar-refractivity contribution in [3.8, 4) is 22.3 Å². The zero-order valence-corrected chi connectivity index (χ0v) is 28.4. The monoisotopic (exact) mass is 602 g/mol. The number of unbranched alkanes of at least 4 members (excludes halogenated alkanes) is 1. The highest BCUT2D eigenvalue weighted by atomic mass is 16.2. The summed E-state index contributed by atoms with van der Waals surface area (Å²) in [6.07, 6.45) is 5.37. The summed E-state index contributed by atoms with van der Waals surface area (Å²) in [5.74, 6) is -0.206. The summed E-state index contributed by atoms with van der Waals surface area (Å²) in [7, 11) is 0. The van der Waals surface area contributed by atoms with Gasteiger partial charge in [0, 0.05) is 22.4 Å². The van der Waals surface area contributed by atoms with Crippen molar-refractivity contribution in [1.29, 1.82) is 0 Å². The fourth-order valence-corrected chi connectivity index (χ4v) is 5.94. The lowest BCUT2D eigenvalue weighted by Gasteiger charge is -2.28. The van der Waals surface area contributed by atoms with Gasteiger partial charge in [0.2, 0.25) is 0 Å². The molecule has 4 rings (SSSR count). The lowest BCUT2D eigenvalue weighted by atomic mass is 9.76. The zero-order chi connectivity index (χ0) is 32.8. The summed E-state index contributed by atoms with van der Waals surface area (Å²) in [6, 6.07) is 28.2. The van der Waals surface area contributed by atoms with Crippen LogP contribution in [0.5, 0.6) is 0 Å². The second kappa shape index (κ2) is 14.3. The maximum absolute atomic E-state index is 13.1. The molecule has 0 saturated carbocycles. The Morgan fingerprint density at radius 1 is 0.644 bits per heavy atom. The average Bonchev–Trinajstić information content (AvgIpc) is 3.03. The van der Waals surface area contributed by atoms with E-state index >= 15 is 0 Å². The number of carbonyl (C=O) groups is 2. The van der Waals surface area contributed by atoms with Crippen LogP contribution < -0.4 is 10.6 Å². The molecule has 0 unspecified atom stereocenters. The van der Waals surface area contributed by atoms with Crippen LogP contribution in [-0.2, 0) is 5.41 Å². The molecule has 4 aromatic carbocycles. The van der Waals surface area contributed by atoms with Crippen LogP contribution in [0.3, 0.4) is 0 Å². The standard InChI is InChI=1S/C41H50N2O2/c1-9-12-25-40(6,7)43-39(45)33-19-15-31(16-20-33)30-13-17-32(18-14-30)38(44)42-35-22-24-37(29(5)27-35)36-23-21-34(26-28(36)4)41(8,10-2)11-3/h13-24,26-27H,9-12,25H2,1-8H3,(H,42,44)(H,43,45). The summed E-state index contributed by atoms with van der Waals surface area (Å²) < 4.78 is 0. The van der Waals surface area contributed by atoms with Crippen LogP contribution in [0.4, 0.5) is 5.69 Å². The largest absolute Gasteiger partial charge is 0.347 e. The van der Waals surface area contributed by atoms with E-state index in [9.17, 15) is 9.59 Å². The second-order valence-electron chi connectivity index (χ2n) is 13.4. The first-order valence-electron chi connectivity index (χ1n) is 16.5. The van der Waals surface area contributed by atoms with E-state index in [1.54, 1.807) is 0 Å². The third kappa shape index (κ3) is 8.11. The number of nitrogens with one attached hydrogen (secondary N) is 2. The molecule has 0 radical (unpaired) electrons. The van der Waals surface area contributed by atoms with E-state index in [4.69, 9.17) is 0 Å². The summed E-state index contributed by atoms with van der Waals surface area (Å²) in [6.45, 7) is 17.4. The SMILES string of the molecule is CCCCC(C)(C)NC(=O)c1ccc(-c2ccc(C(=O)Nc3ccc(-c4ccc(C(C)(CC)CC)cc4C)c(C)c3)cc2)cc1. The highest BCUT2D eigenvalue weighted by Gasteiger charge is 2.23. The molecule has 45 heavy (non-hydrogen) atoms. The van der Waals surface area contributed by atoms with Crippen molar-refractivity contribution in [2.24, 2.45) is 0 Å². The molecule has 0 aliphatic rings. The molecule has 0 saturated heterocycles. The molecule has 4 heteroatoms. The van der Waals surface area contributed by atoms with Crippen molar-refractivity contribution in [2.75, 3.05) is 5.32 Å². The van der Waals surface area contributed by atoms with E-state index in [1.807, 2.05) is 60.7 Å². The minimum atomic E-state index is -0.237. The predicted molar refractivity (Wildman–Crippen MR) is 190 cm³/mol. The van der Waals surface area contributed by atoms with E-state index in [0.29, 0.717) is 11.1 Å². The summed E-state index contributed by atoms with van der Waals surface area (Å²) >= 11 is 0. The summed E-state index contributed by atoms with van der Waals surface area (Å²) in [5, 5.41) is 6.21. The normalized spacial score (nSPS) is 11.7. The first-order valence-corrected chi connectivity index (χ1v) is 16.5. The van der Waals surface area contributed by atoms with Crippen LogP contribution in [0.15, 0.2) is 84.9 Å². The van der Waals surface area contributed by atoms with E-state index in [0.717, 1.165) is 54.5 Å². The first kappa shape index (κ1) is 33.7. The Hall–Kier alpha value is -4.18.